The van der Waals surface area contributed by atoms with Crippen molar-refractivity contribution >= 4 is 39.1 Å². The zero-order chi connectivity index (χ0) is 34.7. The lowest BCUT2D eigenvalue weighted by molar-refractivity contribution is -0.156. The maximum absolute atomic E-state index is 13.7. The van der Waals surface area contributed by atoms with Gasteiger partial charge in [-0.25, -0.2) is 13.4 Å². The molecule has 0 saturated carbocycles. The van der Waals surface area contributed by atoms with Crippen molar-refractivity contribution in [3.05, 3.63) is 65.9 Å². The van der Waals surface area contributed by atoms with Gasteiger partial charge in [0.25, 0.3) is 0 Å². The second kappa shape index (κ2) is 16.6. The van der Waals surface area contributed by atoms with Crippen molar-refractivity contribution in [3.8, 4) is 5.75 Å². The third kappa shape index (κ3) is 13.2. The summed E-state index contributed by atoms with van der Waals surface area (Å²) in [6.07, 6.45) is -2.80. The summed E-state index contributed by atoms with van der Waals surface area (Å²) in [6.45, 7) is 6.83. The largest absolute Gasteiger partial charge is 0.491 e. The van der Waals surface area contributed by atoms with Gasteiger partial charge in [0.2, 0.25) is 16.0 Å². The van der Waals surface area contributed by atoms with Gasteiger partial charge in [-0.05, 0) is 62.7 Å². The van der Waals surface area contributed by atoms with E-state index < -0.39 is 33.2 Å². The summed E-state index contributed by atoms with van der Waals surface area (Å²) in [5.74, 6) is -0.280. The Kier molecular flexibility index (Phi) is 13.2. The number of sulfonamides is 1. The van der Waals surface area contributed by atoms with Gasteiger partial charge in [-0.1, -0.05) is 12.1 Å². The van der Waals surface area contributed by atoms with Gasteiger partial charge < -0.3 is 29.6 Å². The van der Waals surface area contributed by atoms with Crippen molar-refractivity contribution < 1.29 is 45.3 Å². The number of nitrogens with zero attached hydrogens (tertiary/aromatic N) is 3. The van der Waals surface area contributed by atoms with Crippen LogP contribution >= 0.6 is 0 Å². The van der Waals surface area contributed by atoms with Crippen LogP contribution in [0, 0.1) is 0 Å². The second-order valence-electron chi connectivity index (χ2n) is 11.3. The third-order valence-corrected chi connectivity index (χ3v) is 7.38. The molecule has 0 aliphatic carbocycles. The van der Waals surface area contributed by atoms with Crippen molar-refractivity contribution in [2.75, 3.05) is 61.3 Å². The number of hydrogen-bond donors (Lipinski definition) is 2. The molecule has 0 saturated heterocycles. The van der Waals surface area contributed by atoms with E-state index in [-0.39, 0.29) is 38.1 Å². The van der Waals surface area contributed by atoms with E-state index >= 15 is 0 Å². The molecule has 47 heavy (non-hydrogen) atoms. The molecule has 0 amide bonds. The topological polar surface area (TPSA) is 141 Å². The standard InChI is InChI=1S/C31H40F3N5O7S/c1-30(2,3)46-27(40)13-14-43-15-16-44-17-18-45-25-11-9-23(10-12-25)37-29-36-21-26(31(32,33)34)28(38-29)35-20-22-7-6-8-24(19-22)39(4)47(5,41)42/h6-12,19,21H,13-18,20H2,1-5H3,(H2,35,36,37,38). The number of aromatic nitrogens is 2. The second-order valence-corrected chi connectivity index (χ2v) is 13.3. The molecule has 0 atom stereocenters. The van der Waals surface area contributed by atoms with Gasteiger partial charge in [0.15, 0.2) is 0 Å². The lowest BCUT2D eigenvalue weighted by atomic mass is 10.2. The maximum Gasteiger partial charge on any atom is 0.421 e. The van der Waals surface area contributed by atoms with Crippen LogP contribution < -0.4 is 19.7 Å². The van der Waals surface area contributed by atoms with Crippen LogP contribution in [0.2, 0.25) is 0 Å². The first-order valence-corrected chi connectivity index (χ1v) is 16.4. The number of alkyl halides is 3. The molecule has 0 unspecified atom stereocenters. The van der Waals surface area contributed by atoms with E-state index in [4.69, 9.17) is 18.9 Å². The summed E-state index contributed by atoms with van der Waals surface area (Å²) >= 11 is 0. The third-order valence-electron chi connectivity index (χ3n) is 6.18. The van der Waals surface area contributed by atoms with Crippen molar-refractivity contribution in [1.82, 2.24) is 9.97 Å². The van der Waals surface area contributed by atoms with Crippen molar-refractivity contribution in [1.29, 1.82) is 0 Å². The molecule has 2 aromatic carbocycles. The molecule has 12 nitrogen and oxygen atoms in total. The maximum atomic E-state index is 13.7. The van der Waals surface area contributed by atoms with Gasteiger partial charge in [-0.15, -0.1) is 0 Å². The Labute approximate surface area is 272 Å². The molecular formula is C31H40F3N5O7S. The Morgan fingerprint density at radius 1 is 0.957 bits per heavy atom. The predicted molar refractivity (Wildman–Crippen MR) is 171 cm³/mol. The first kappa shape index (κ1) is 37.3. The van der Waals surface area contributed by atoms with Crippen molar-refractivity contribution in [2.45, 2.75) is 45.5 Å². The number of nitrogens with one attached hydrogen (secondary N) is 2. The molecule has 3 aromatic rings. The van der Waals surface area contributed by atoms with E-state index in [1.807, 2.05) is 0 Å². The monoisotopic (exact) mass is 683 g/mol. The lowest BCUT2D eigenvalue weighted by Crippen LogP contribution is -2.24. The minimum atomic E-state index is -4.71. The molecule has 1 aromatic heterocycles. The molecule has 0 aliphatic rings. The highest BCUT2D eigenvalue weighted by molar-refractivity contribution is 7.92. The highest BCUT2D eigenvalue weighted by Gasteiger charge is 2.35. The molecule has 16 heteroatoms. The number of anilines is 4. The molecule has 0 spiro atoms. The highest BCUT2D eigenvalue weighted by atomic mass is 32.2. The number of esters is 1. The molecular weight excluding hydrogens is 643 g/mol. The number of halogens is 3. The molecule has 3 rings (SSSR count). The summed E-state index contributed by atoms with van der Waals surface area (Å²) < 4.78 is 87.6. The van der Waals surface area contributed by atoms with E-state index in [2.05, 4.69) is 20.6 Å². The van der Waals surface area contributed by atoms with Crippen LogP contribution in [0.3, 0.4) is 0 Å². The Morgan fingerprint density at radius 2 is 1.62 bits per heavy atom. The summed E-state index contributed by atoms with van der Waals surface area (Å²) in [4.78, 5) is 19.5. The number of carbonyl (C=O) groups is 1. The minimum Gasteiger partial charge on any atom is -0.491 e. The average Bonchev–Trinajstić information content (AvgIpc) is 2.98. The van der Waals surface area contributed by atoms with Gasteiger partial charge in [0.05, 0.1) is 44.8 Å². The fraction of sp³-hybridized carbons (Fsp3) is 0.452. The predicted octanol–water partition coefficient (Wildman–Crippen LogP) is 5.39. The van der Waals surface area contributed by atoms with Gasteiger partial charge in [-0.2, -0.15) is 18.2 Å². The molecule has 1 heterocycles. The molecule has 2 N–H and O–H groups in total. The van der Waals surface area contributed by atoms with Crippen molar-refractivity contribution in [2.24, 2.45) is 0 Å². The zero-order valence-electron chi connectivity index (χ0n) is 26.9. The zero-order valence-corrected chi connectivity index (χ0v) is 27.7. The molecule has 0 radical (unpaired) electrons. The Balaban J connectivity index is 1.48. The number of hydrogen-bond acceptors (Lipinski definition) is 11. The number of ether oxygens (including phenoxy) is 4. The molecule has 0 aliphatic heterocycles. The fourth-order valence-corrected chi connectivity index (χ4v) is 4.37. The van der Waals surface area contributed by atoms with E-state index in [1.54, 1.807) is 69.3 Å². The van der Waals surface area contributed by atoms with Gasteiger partial charge in [-0.3, -0.25) is 9.10 Å². The Bertz CT molecular complexity index is 1570. The van der Waals surface area contributed by atoms with Crippen LogP contribution in [-0.4, -0.2) is 76.3 Å². The van der Waals surface area contributed by atoms with Crippen LogP contribution in [0.5, 0.6) is 5.75 Å². The van der Waals surface area contributed by atoms with E-state index in [0.29, 0.717) is 48.7 Å². The normalized spacial score (nSPS) is 12.0. The van der Waals surface area contributed by atoms with Crippen LogP contribution in [0.4, 0.5) is 36.3 Å². The van der Waals surface area contributed by atoms with Crippen LogP contribution in [-0.2, 0) is 41.7 Å². The first-order chi connectivity index (χ1) is 22.0. The van der Waals surface area contributed by atoms with Crippen molar-refractivity contribution in [3.63, 3.8) is 0 Å². The molecule has 0 bridgehead atoms. The molecule has 0 fully saturated rings. The molecule has 258 valence electrons. The number of carbonyl (C=O) groups excluding carboxylic acids is 1. The fourth-order valence-electron chi connectivity index (χ4n) is 3.88. The van der Waals surface area contributed by atoms with Gasteiger partial charge in [0.1, 0.15) is 29.3 Å². The number of rotatable bonds is 17. The van der Waals surface area contributed by atoms with Crippen LogP contribution in [0.25, 0.3) is 0 Å². The van der Waals surface area contributed by atoms with Gasteiger partial charge >= 0.3 is 12.1 Å². The van der Waals surface area contributed by atoms with E-state index in [1.165, 1.54) is 7.05 Å². The minimum absolute atomic E-state index is 0.0537. The van der Waals surface area contributed by atoms with Crippen LogP contribution in [0.15, 0.2) is 54.7 Å². The Morgan fingerprint density at radius 3 is 2.26 bits per heavy atom. The summed E-state index contributed by atoms with van der Waals surface area (Å²) in [5, 5.41) is 5.58. The van der Waals surface area contributed by atoms with Gasteiger partial charge in [0, 0.05) is 25.5 Å². The number of benzene rings is 2. The van der Waals surface area contributed by atoms with E-state index in [0.717, 1.165) is 10.6 Å². The summed E-state index contributed by atoms with van der Waals surface area (Å²) in [5.41, 5.74) is -0.153. The lowest BCUT2D eigenvalue weighted by Gasteiger charge is -2.19. The highest BCUT2D eigenvalue weighted by Crippen LogP contribution is 2.34. The summed E-state index contributed by atoms with van der Waals surface area (Å²) in [6, 6.07) is 13.1. The quantitative estimate of drug-likeness (QED) is 0.140. The first-order valence-electron chi connectivity index (χ1n) is 14.6. The Hall–Kier alpha value is -4.15. The van der Waals surface area contributed by atoms with Crippen LogP contribution in [0.1, 0.15) is 38.3 Å². The SMILES string of the molecule is CN(c1cccc(CNc2nc(Nc3ccc(OCCOCCOCCC(=O)OC(C)(C)C)cc3)ncc2C(F)(F)F)c1)S(C)(=O)=O. The summed E-state index contributed by atoms with van der Waals surface area (Å²) in [7, 11) is -2.13. The van der Waals surface area contributed by atoms with E-state index in [9.17, 15) is 26.4 Å². The smallest absolute Gasteiger partial charge is 0.421 e. The average molecular weight is 684 g/mol.